The van der Waals surface area contributed by atoms with Crippen LogP contribution in [0.15, 0.2) is 30.3 Å². The maximum Gasteiger partial charge on any atom is 0.222 e. The van der Waals surface area contributed by atoms with E-state index < -0.39 is 0 Å². The minimum absolute atomic E-state index is 0.167. The molecule has 1 saturated carbocycles. The first kappa shape index (κ1) is 15.1. The number of hydrogen-bond donors (Lipinski definition) is 1. The molecule has 118 valence electrons. The van der Waals surface area contributed by atoms with Gasteiger partial charge in [-0.1, -0.05) is 30.3 Å². The predicted molar refractivity (Wildman–Crippen MR) is 85.2 cm³/mol. The molecule has 1 aromatic rings. The van der Waals surface area contributed by atoms with Crippen molar-refractivity contribution in [1.29, 1.82) is 0 Å². The third-order valence-electron chi connectivity index (χ3n) is 5.24. The van der Waals surface area contributed by atoms with Crippen molar-refractivity contribution in [1.82, 2.24) is 10.2 Å². The van der Waals surface area contributed by atoms with E-state index in [9.17, 15) is 9.59 Å². The molecule has 0 radical (unpaired) electrons. The van der Waals surface area contributed by atoms with Gasteiger partial charge in [0.2, 0.25) is 11.8 Å². The normalized spacial score (nSPS) is 27.1. The third-order valence-corrected chi connectivity index (χ3v) is 5.24. The Morgan fingerprint density at radius 2 is 1.95 bits per heavy atom. The molecule has 4 nitrogen and oxygen atoms in total. The Labute approximate surface area is 131 Å². The van der Waals surface area contributed by atoms with Crippen molar-refractivity contribution in [3.63, 3.8) is 0 Å². The summed E-state index contributed by atoms with van der Waals surface area (Å²) in [6.45, 7) is 0.784. The standard InChI is InChI=1S/C18H24N2O2/c1-20(18(22)8-7-13-5-3-2-4-6-13)16-9-14-11-17(21)19-12-15(14)10-16/h2-6,14-16H,7-12H2,1H3,(H,19,21)/t14-,15+,16-/m1/s1. The molecule has 2 amide bonds. The fourth-order valence-corrected chi connectivity index (χ4v) is 3.83. The van der Waals surface area contributed by atoms with Gasteiger partial charge in [0.15, 0.2) is 0 Å². The molecule has 1 aliphatic carbocycles. The molecular weight excluding hydrogens is 276 g/mol. The topological polar surface area (TPSA) is 49.4 Å². The average Bonchev–Trinajstić information content (AvgIpc) is 2.95. The van der Waals surface area contributed by atoms with Gasteiger partial charge in [-0.25, -0.2) is 0 Å². The lowest BCUT2D eigenvalue weighted by atomic mass is 9.89. The highest BCUT2D eigenvalue weighted by Gasteiger charge is 2.40. The summed E-state index contributed by atoms with van der Waals surface area (Å²) in [5.74, 6) is 1.39. The number of nitrogens with one attached hydrogen (secondary N) is 1. The summed E-state index contributed by atoms with van der Waals surface area (Å²) in [5, 5.41) is 2.95. The number of benzene rings is 1. The third kappa shape index (κ3) is 3.32. The van der Waals surface area contributed by atoms with E-state index in [1.165, 1.54) is 5.56 Å². The fraction of sp³-hybridized carbons (Fsp3) is 0.556. The van der Waals surface area contributed by atoms with Gasteiger partial charge in [-0.3, -0.25) is 9.59 Å². The van der Waals surface area contributed by atoms with Gasteiger partial charge in [0.1, 0.15) is 0 Å². The lowest BCUT2D eigenvalue weighted by molar-refractivity contribution is -0.131. The SMILES string of the molecule is CN(C(=O)CCc1ccccc1)[C@H]1C[C@H]2CNC(=O)C[C@H]2C1. The minimum atomic E-state index is 0.167. The molecule has 3 atom stereocenters. The van der Waals surface area contributed by atoms with Crippen LogP contribution in [-0.2, 0) is 16.0 Å². The molecule has 2 fully saturated rings. The largest absolute Gasteiger partial charge is 0.356 e. The summed E-state index contributed by atoms with van der Waals surface area (Å²) in [7, 11) is 1.92. The van der Waals surface area contributed by atoms with Gasteiger partial charge in [0.25, 0.3) is 0 Å². The van der Waals surface area contributed by atoms with E-state index in [0.717, 1.165) is 25.8 Å². The molecule has 0 bridgehead atoms. The number of carbonyl (C=O) groups is 2. The van der Waals surface area contributed by atoms with Crippen molar-refractivity contribution >= 4 is 11.8 Å². The molecule has 1 saturated heterocycles. The molecule has 1 aliphatic heterocycles. The number of hydrogen-bond acceptors (Lipinski definition) is 2. The van der Waals surface area contributed by atoms with Gasteiger partial charge in [-0.15, -0.1) is 0 Å². The van der Waals surface area contributed by atoms with Gasteiger partial charge in [0, 0.05) is 32.5 Å². The van der Waals surface area contributed by atoms with E-state index in [0.29, 0.717) is 30.7 Å². The van der Waals surface area contributed by atoms with E-state index >= 15 is 0 Å². The first-order chi connectivity index (χ1) is 10.6. The molecule has 1 aromatic carbocycles. The van der Waals surface area contributed by atoms with Crippen molar-refractivity contribution < 1.29 is 9.59 Å². The molecule has 0 spiro atoms. The number of aryl methyl sites for hydroxylation is 1. The second-order valence-corrected chi connectivity index (χ2v) is 6.64. The Kier molecular flexibility index (Phi) is 4.46. The fourth-order valence-electron chi connectivity index (χ4n) is 3.83. The smallest absolute Gasteiger partial charge is 0.222 e. The number of fused-ring (bicyclic) bond motifs is 1. The molecular formula is C18H24N2O2. The Morgan fingerprint density at radius 3 is 2.73 bits per heavy atom. The summed E-state index contributed by atoms with van der Waals surface area (Å²) in [6, 6.07) is 10.4. The van der Waals surface area contributed by atoms with Crippen LogP contribution in [-0.4, -0.2) is 36.3 Å². The van der Waals surface area contributed by atoms with Crippen molar-refractivity contribution in [2.45, 2.75) is 38.1 Å². The van der Waals surface area contributed by atoms with Gasteiger partial charge in [-0.05, 0) is 36.7 Å². The molecule has 3 rings (SSSR count). The second-order valence-electron chi connectivity index (χ2n) is 6.64. The molecule has 2 aliphatic rings. The van der Waals surface area contributed by atoms with Gasteiger partial charge in [0.05, 0.1) is 0 Å². The Bertz CT molecular complexity index is 543. The molecule has 4 heteroatoms. The van der Waals surface area contributed by atoms with Crippen LogP contribution in [0.25, 0.3) is 0 Å². The van der Waals surface area contributed by atoms with E-state index in [1.807, 2.05) is 30.1 Å². The first-order valence-electron chi connectivity index (χ1n) is 8.19. The number of piperidine rings is 1. The van der Waals surface area contributed by atoms with E-state index in [4.69, 9.17) is 0 Å². The summed E-state index contributed by atoms with van der Waals surface area (Å²) in [6.07, 6.45) is 3.99. The van der Waals surface area contributed by atoms with E-state index in [1.54, 1.807) is 0 Å². The van der Waals surface area contributed by atoms with Gasteiger partial charge >= 0.3 is 0 Å². The van der Waals surface area contributed by atoms with Crippen LogP contribution in [0.4, 0.5) is 0 Å². The molecule has 0 unspecified atom stereocenters. The monoisotopic (exact) mass is 300 g/mol. The summed E-state index contributed by atoms with van der Waals surface area (Å²) in [5.41, 5.74) is 1.21. The predicted octanol–water partition coefficient (Wildman–Crippen LogP) is 1.99. The highest BCUT2D eigenvalue weighted by Crippen LogP contribution is 2.38. The zero-order chi connectivity index (χ0) is 15.5. The van der Waals surface area contributed by atoms with Crippen LogP contribution in [0, 0.1) is 11.8 Å². The maximum absolute atomic E-state index is 12.4. The zero-order valence-electron chi connectivity index (χ0n) is 13.1. The Balaban J connectivity index is 1.52. The van der Waals surface area contributed by atoms with Crippen molar-refractivity contribution in [2.24, 2.45) is 11.8 Å². The number of amides is 2. The number of nitrogens with zero attached hydrogens (tertiary/aromatic N) is 1. The Hall–Kier alpha value is -1.84. The van der Waals surface area contributed by atoms with E-state index in [-0.39, 0.29) is 11.8 Å². The highest BCUT2D eigenvalue weighted by molar-refractivity contribution is 5.78. The van der Waals surface area contributed by atoms with Crippen molar-refractivity contribution in [3.8, 4) is 0 Å². The van der Waals surface area contributed by atoms with Gasteiger partial charge in [-0.2, -0.15) is 0 Å². The first-order valence-corrected chi connectivity index (χ1v) is 8.19. The summed E-state index contributed by atoms with van der Waals surface area (Å²) in [4.78, 5) is 25.8. The molecule has 0 aromatic heterocycles. The van der Waals surface area contributed by atoms with Gasteiger partial charge < -0.3 is 10.2 Å². The average molecular weight is 300 g/mol. The van der Waals surface area contributed by atoms with Crippen LogP contribution < -0.4 is 5.32 Å². The van der Waals surface area contributed by atoms with Crippen LogP contribution in [0.3, 0.4) is 0 Å². The Morgan fingerprint density at radius 1 is 1.23 bits per heavy atom. The van der Waals surface area contributed by atoms with Crippen LogP contribution >= 0.6 is 0 Å². The number of rotatable bonds is 4. The second kappa shape index (κ2) is 6.51. The maximum atomic E-state index is 12.4. The van der Waals surface area contributed by atoms with Crippen LogP contribution in [0.1, 0.15) is 31.2 Å². The van der Waals surface area contributed by atoms with Crippen molar-refractivity contribution in [3.05, 3.63) is 35.9 Å². The quantitative estimate of drug-likeness (QED) is 0.924. The lowest BCUT2D eigenvalue weighted by Gasteiger charge is -2.25. The lowest BCUT2D eigenvalue weighted by Crippen LogP contribution is -2.38. The van der Waals surface area contributed by atoms with E-state index in [2.05, 4.69) is 17.4 Å². The van der Waals surface area contributed by atoms with Crippen molar-refractivity contribution in [2.75, 3.05) is 13.6 Å². The summed E-state index contributed by atoms with van der Waals surface area (Å²) < 4.78 is 0. The van der Waals surface area contributed by atoms with Crippen LogP contribution in [0.5, 0.6) is 0 Å². The molecule has 1 heterocycles. The molecule has 1 N–H and O–H groups in total. The highest BCUT2D eigenvalue weighted by atomic mass is 16.2. The summed E-state index contributed by atoms with van der Waals surface area (Å²) >= 11 is 0. The molecule has 22 heavy (non-hydrogen) atoms. The number of carbonyl (C=O) groups excluding carboxylic acids is 2. The van der Waals surface area contributed by atoms with Crippen LogP contribution in [0.2, 0.25) is 0 Å². The minimum Gasteiger partial charge on any atom is -0.356 e. The zero-order valence-corrected chi connectivity index (χ0v) is 13.1.